The van der Waals surface area contributed by atoms with Gasteiger partial charge in [0.15, 0.2) is 11.5 Å². The average Bonchev–Trinajstić information content (AvgIpc) is 3.05. The van der Waals surface area contributed by atoms with E-state index in [-0.39, 0.29) is 17.4 Å². The summed E-state index contributed by atoms with van der Waals surface area (Å²) in [7, 11) is 0. The molecule has 4 atom stereocenters. The summed E-state index contributed by atoms with van der Waals surface area (Å²) in [6, 6.07) is 0.784. The number of nitrogens with zero attached hydrogens (tertiary/aromatic N) is 7. The van der Waals surface area contributed by atoms with E-state index in [4.69, 9.17) is 6.42 Å². The standard InChI is InChI=1S/C18H19F3N8/c1-3-10-4-5-29(10)16-22-13(18(19,20)21)7-15(23-16)28-8-12-11(17(12,2)9-28)6-14-24-26-27-25-14/h1,7,10-12H,4-6,8-9H2,2H3,(H,24,25,26,27)/t10-,11-,12-,17?/m0/s1. The van der Waals surface area contributed by atoms with E-state index in [1.165, 1.54) is 0 Å². The van der Waals surface area contributed by atoms with Gasteiger partial charge in [0.2, 0.25) is 5.95 Å². The maximum atomic E-state index is 13.4. The highest BCUT2D eigenvalue weighted by Crippen LogP contribution is 2.64. The van der Waals surface area contributed by atoms with Crippen LogP contribution in [0.4, 0.5) is 24.9 Å². The first-order valence-corrected chi connectivity index (χ1v) is 9.46. The molecule has 0 amide bonds. The van der Waals surface area contributed by atoms with Crippen molar-refractivity contribution in [3.8, 4) is 12.3 Å². The summed E-state index contributed by atoms with van der Waals surface area (Å²) in [6.45, 7) is 3.99. The number of halogens is 3. The van der Waals surface area contributed by atoms with Crippen molar-refractivity contribution in [1.82, 2.24) is 30.6 Å². The van der Waals surface area contributed by atoms with E-state index >= 15 is 0 Å². The minimum Gasteiger partial charge on any atom is -0.356 e. The second-order valence-electron chi connectivity index (χ2n) is 8.21. The number of aromatic nitrogens is 6. The van der Waals surface area contributed by atoms with E-state index in [9.17, 15) is 13.2 Å². The Balaban J connectivity index is 1.38. The maximum Gasteiger partial charge on any atom is 0.433 e. The number of aromatic amines is 1. The summed E-state index contributed by atoms with van der Waals surface area (Å²) in [5.74, 6) is 4.35. The molecule has 2 saturated heterocycles. The molecule has 3 fully saturated rings. The Bertz CT molecular complexity index is 968. The molecule has 1 aliphatic carbocycles. The summed E-state index contributed by atoms with van der Waals surface area (Å²) in [6.07, 6.45) is 2.36. The Kier molecular flexibility index (Phi) is 3.78. The predicted octanol–water partition coefficient (Wildman–Crippen LogP) is 1.54. The van der Waals surface area contributed by atoms with Crippen molar-refractivity contribution in [2.45, 2.75) is 32.0 Å². The molecule has 0 spiro atoms. The molecule has 3 aliphatic rings. The highest BCUT2D eigenvalue weighted by atomic mass is 19.4. The topological polar surface area (TPSA) is 86.7 Å². The van der Waals surface area contributed by atoms with Crippen LogP contribution >= 0.6 is 0 Å². The van der Waals surface area contributed by atoms with Crippen LogP contribution in [-0.2, 0) is 12.6 Å². The molecule has 11 heteroatoms. The number of piperidine rings is 1. The molecular formula is C18H19F3N8. The van der Waals surface area contributed by atoms with Crippen molar-refractivity contribution in [3.63, 3.8) is 0 Å². The quantitative estimate of drug-likeness (QED) is 0.774. The molecule has 29 heavy (non-hydrogen) atoms. The van der Waals surface area contributed by atoms with Gasteiger partial charge in [-0.15, -0.1) is 16.6 Å². The molecule has 5 rings (SSSR count). The Hall–Kier alpha value is -2.90. The second kappa shape index (κ2) is 6.05. The third-order valence-electron chi connectivity index (χ3n) is 6.60. The third kappa shape index (κ3) is 2.89. The van der Waals surface area contributed by atoms with E-state index in [1.807, 2.05) is 4.90 Å². The van der Waals surface area contributed by atoms with Gasteiger partial charge in [0.05, 0.1) is 6.04 Å². The molecule has 152 valence electrons. The van der Waals surface area contributed by atoms with Gasteiger partial charge in [-0.25, -0.2) is 4.98 Å². The average molecular weight is 404 g/mol. The largest absolute Gasteiger partial charge is 0.433 e. The lowest BCUT2D eigenvalue weighted by Crippen LogP contribution is -2.48. The van der Waals surface area contributed by atoms with Crippen molar-refractivity contribution >= 4 is 11.8 Å². The molecular weight excluding hydrogens is 385 g/mol. The van der Waals surface area contributed by atoms with Gasteiger partial charge in [-0.1, -0.05) is 18.1 Å². The summed E-state index contributed by atoms with van der Waals surface area (Å²) in [4.78, 5) is 11.8. The number of anilines is 2. The maximum absolute atomic E-state index is 13.4. The molecule has 8 nitrogen and oxygen atoms in total. The fourth-order valence-corrected chi connectivity index (χ4v) is 4.72. The SMILES string of the molecule is C#C[C@H]1CCN1c1nc(N2C[C@H]3[C@H](Cc4nn[nH]n4)C3(C)C2)cc(C(F)(F)F)n1. The van der Waals surface area contributed by atoms with Gasteiger partial charge in [0.25, 0.3) is 0 Å². The van der Waals surface area contributed by atoms with E-state index in [0.717, 1.165) is 12.5 Å². The fourth-order valence-electron chi connectivity index (χ4n) is 4.72. The number of H-pyrrole nitrogens is 1. The van der Waals surface area contributed by atoms with Crippen molar-refractivity contribution < 1.29 is 13.2 Å². The first-order chi connectivity index (χ1) is 13.8. The van der Waals surface area contributed by atoms with Crippen LogP contribution < -0.4 is 9.80 Å². The van der Waals surface area contributed by atoms with Gasteiger partial charge < -0.3 is 9.80 Å². The highest BCUT2D eigenvalue weighted by Gasteiger charge is 2.65. The van der Waals surface area contributed by atoms with Crippen LogP contribution in [0.15, 0.2) is 6.07 Å². The summed E-state index contributed by atoms with van der Waals surface area (Å²) in [5, 5.41) is 14.0. The smallest absolute Gasteiger partial charge is 0.356 e. The van der Waals surface area contributed by atoms with Crippen LogP contribution in [0, 0.1) is 29.6 Å². The summed E-state index contributed by atoms with van der Waals surface area (Å²) < 4.78 is 40.3. The Morgan fingerprint density at radius 2 is 2.21 bits per heavy atom. The molecule has 2 aliphatic heterocycles. The number of tetrazole rings is 1. The van der Waals surface area contributed by atoms with Crippen LogP contribution in [0.25, 0.3) is 0 Å². The molecule has 2 aromatic rings. The van der Waals surface area contributed by atoms with Gasteiger partial charge in [-0.05, 0) is 23.7 Å². The molecule has 1 N–H and O–H groups in total. The van der Waals surface area contributed by atoms with Crippen LogP contribution in [0.3, 0.4) is 0 Å². The van der Waals surface area contributed by atoms with E-state index in [0.29, 0.717) is 49.5 Å². The molecule has 2 aromatic heterocycles. The zero-order chi connectivity index (χ0) is 20.4. The summed E-state index contributed by atoms with van der Waals surface area (Å²) in [5.41, 5.74) is -0.934. The monoisotopic (exact) mass is 404 g/mol. The van der Waals surface area contributed by atoms with Crippen LogP contribution in [0.5, 0.6) is 0 Å². The normalized spacial score (nSPS) is 30.7. The molecule has 4 heterocycles. The molecule has 0 bridgehead atoms. The lowest BCUT2D eigenvalue weighted by Gasteiger charge is -2.38. The van der Waals surface area contributed by atoms with Gasteiger partial charge in [0, 0.05) is 32.1 Å². The van der Waals surface area contributed by atoms with Crippen molar-refractivity contribution in [3.05, 3.63) is 17.6 Å². The van der Waals surface area contributed by atoms with E-state index in [1.54, 1.807) is 4.90 Å². The van der Waals surface area contributed by atoms with Crippen molar-refractivity contribution in [1.29, 1.82) is 0 Å². The molecule has 1 saturated carbocycles. The Morgan fingerprint density at radius 1 is 1.38 bits per heavy atom. The fraction of sp³-hybridized carbons (Fsp3) is 0.611. The van der Waals surface area contributed by atoms with Crippen LogP contribution in [-0.4, -0.2) is 56.3 Å². The van der Waals surface area contributed by atoms with E-state index in [2.05, 4.69) is 43.4 Å². The first kappa shape index (κ1) is 18.1. The predicted molar refractivity (Wildman–Crippen MR) is 96.8 cm³/mol. The lowest BCUT2D eigenvalue weighted by atomic mass is 10.0. The zero-order valence-corrected chi connectivity index (χ0v) is 15.7. The Labute approximate surface area is 164 Å². The van der Waals surface area contributed by atoms with Crippen LogP contribution in [0.2, 0.25) is 0 Å². The van der Waals surface area contributed by atoms with Crippen molar-refractivity contribution in [2.75, 3.05) is 29.4 Å². The highest BCUT2D eigenvalue weighted by molar-refractivity contribution is 5.52. The molecule has 0 aromatic carbocycles. The molecule has 0 radical (unpaired) electrons. The lowest BCUT2D eigenvalue weighted by molar-refractivity contribution is -0.141. The van der Waals surface area contributed by atoms with E-state index < -0.39 is 11.9 Å². The number of alkyl halides is 3. The number of terminal acetylenes is 1. The van der Waals surface area contributed by atoms with Crippen molar-refractivity contribution in [2.24, 2.45) is 17.3 Å². The number of fused-ring (bicyclic) bond motifs is 1. The number of hydrogen-bond donors (Lipinski definition) is 1. The number of rotatable bonds is 4. The van der Waals surface area contributed by atoms with Crippen LogP contribution in [0.1, 0.15) is 24.9 Å². The zero-order valence-electron chi connectivity index (χ0n) is 15.7. The van der Waals surface area contributed by atoms with Gasteiger partial charge in [-0.2, -0.15) is 23.4 Å². The second-order valence-corrected chi connectivity index (χ2v) is 8.21. The first-order valence-electron chi connectivity index (χ1n) is 9.46. The minimum atomic E-state index is -4.54. The van der Waals surface area contributed by atoms with Gasteiger partial charge in [0.1, 0.15) is 5.82 Å². The Morgan fingerprint density at radius 3 is 2.76 bits per heavy atom. The van der Waals surface area contributed by atoms with Gasteiger partial charge >= 0.3 is 6.18 Å². The minimum absolute atomic E-state index is 0.00223. The van der Waals surface area contributed by atoms with Gasteiger partial charge in [-0.3, -0.25) is 0 Å². The molecule has 1 unspecified atom stereocenters. The number of hydrogen-bond acceptors (Lipinski definition) is 7. The number of nitrogens with one attached hydrogen (secondary N) is 1. The summed E-state index contributed by atoms with van der Waals surface area (Å²) >= 11 is 0. The third-order valence-corrected chi connectivity index (χ3v) is 6.60.